The molecule has 4 nitrogen and oxygen atoms in total. The predicted octanol–water partition coefficient (Wildman–Crippen LogP) is 0.230. The third-order valence-electron chi connectivity index (χ3n) is 3.19. The minimum atomic E-state index is 0.0662. The smallest absolute Gasteiger partial charge is 0.242 e. The second kappa shape index (κ2) is 3.59. The van der Waals surface area contributed by atoms with E-state index >= 15 is 0 Å². The molecule has 0 unspecified atom stereocenters. The Hall–Kier alpha value is -1.06. The number of carbonyl (C=O) groups excluding carboxylic acids is 2. The minimum Gasteiger partial charge on any atom is -0.335 e. The Morgan fingerprint density at radius 3 is 2.36 bits per heavy atom. The first-order valence-corrected chi connectivity index (χ1v) is 5.22. The summed E-state index contributed by atoms with van der Waals surface area (Å²) in [6, 6.07) is 0.333. The Morgan fingerprint density at radius 2 is 1.71 bits per heavy atom. The lowest BCUT2D eigenvalue weighted by molar-refractivity contribution is -0.150. The van der Waals surface area contributed by atoms with Crippen LogP contribution >= 0.6 is 0 Å². The summed E-state index contributed by atoms with van der Waals surface area (Å²) in [6.07, 6.45) is 4.53. The van der Waals surface area contributed by atoms with Gasteiger partial charge >= 0.3 is 0 Å². The lowest BCUT2D eigenvalue weighted by Gasteiger charge is -2.35. The molecule has 0 aromatic carbocycles. The third kappa shape index (κ3) is 1.61. The molecule has 4 heteroatoms. The topological polar surface area (TPSA) is 40.6 Å². The number of rotatable bonds is 1. The fourth-order valence-electron chi connectivity index (χ4n) is 2.29. The molecule has 0 aromatic heterocycles. The van der Waals surface area contributed by atoms with Gasteiger partial charge in [-0.2, -0.15) is 0 Å². The van der Waals surface area contributed by atoms with Crippen molar-refractivity contribution in [1.29, 1.82) is 0 Å². The highest BCUT2D eigenvalue weighted by Crippen LogP contribution is 2.24. The quantitative estimate of drug-likeness (QED) is 0.602. The zero-order valence-corrected chi connectivity index (χ0v) is 8.53. The number of likely N-dealkylation sites (N-methyl/N-ethyl adjacent to an activating group) is 1. The van der Waals surface area contributed by atoms with Crippen molar-refractivity contribution < 1.29 is 9.59 Å². The van der Waals surface area contributed by atoms with E-state index in [9.17, 15) is 9.59 Å². The van der Waals surface area contributed by atoms with E-state index in [0.717, 1.165) is 12.8 Å². The van der Waals surface area contributed by atoms with E-state index in [2.05, 4.69) is 0 Å². The van der Waals surface area contributed by atoms with Crippen molar-refractivity contribution in [2.24, 2.45) is 0 Å². The van der Waals surface area contributed by atoms with Gasteiger partial charge in [0.2, 0.25) is 11.8 Å². The molecule has 0 atom stereocenters. The number of nitrogens with zero attached hydrogens (tertiary/aromatic N) is 2. The van der Waals surface area contributed by atoms with Crippen LogP contribution in [0.3, 0.4) is 0 Å². The van der Waals surface area contributed by atoms with Crippen LogP contribution in [0.1, 0.15) is 25.7 Å². The van der Waals surface area contributed by atoms with Gasteiger partial charge in [-0.1, -0.05) is 12.8 Å². The van der Waals surface area contributed by atoms with Crippen LogP contribution in [-0.4, -0.2) is 47.8 Å². The van der Waals surface area contributed by atoms with Crippen molar-refractivity contribution in [3.8, 4) is 0 Å². The molecule has 1 saturated carbocycles. The monoisotopic (exact) mass is 196 g/mol. The van der Waals surface area contributed by atoms with Gasteiger partial charge in [0, 0.05) is 13.1 Å². The van der Waals surface area contributed by atoms with Crippen molar-refractivity contribution in [3.05, 3.63) is 0 Å². The normalized spacial score (nSPS) is 24.9. The van der Waals surface area contributed by atoms with Crippen molar-refractivity contribution in [2.75, 3.05) is 20.1 Å². The molecule has 2 aliphatic rings. The predicted molar refractivity (Wildman–Crippen MR) is 51.6 cm³/mol. The van der Waals surface area contributed by atoms with Crippen LogP contribution in [0.5, 0.6) is 0 Å². The van der Waals surface area contributed by atoms with E-state index in [1.54, 1.807) is 11.9 Å². The Kier molecular flexibility index (Phi) is 2.44. The molecule has 0 N–H and O–H groups in total. The van der Waals surface area contributed by atoms with Crippen molar-refractivity contribution in [3.63, 3.8) is 0 Å². The molecule has 2 fully saturated rings. The first kappa shape index (κ1) is 9.49. The molecule has 1 heterocycles. The van der Waals surface area contributed by atoms with E-state index in [0.29, 0.717) is 12.6 Å². The zero-order valence-electron chi connectivity index (χ0n) is 8.53. The Balaban J connectivity index is 2.04. The van der Waals surface area contributed by atoms with Gasteiger partial charge in [0.15, 0.2) is 0 Å². The largest absolute Gasteiger partial charge is 0.335 e. The highest BCUT2D eigenvalue weighted by molar-refractivity contribution is 5.92. The molecule has 0 bridgehead atoms. The second-order valence-electron chi connectivity index (χ2n) is 4.21. The maximum Gasteiger partial charge on any atom is 0.242 e. The van der Waals surface area contributed by atoms with Crippen molar-refractivity contribution >= 4 is 11.8 Å². The van der Waals surface area contributed by atoms with Crippen LogP contribution in [0.4, 0.5) is 0 Å². The lowest BCUT2D eigenvalue weighted by Crippen LogP contribution is -2.55. The van der Waals surface area contributed by atoms with Gasteiger partial charge in [-0.25, -0.2) is 0 Å². The summed E-state index contributed by atoms with van der Waals surface area (Å²) in [5, 5.41) is 0. The molecule has 0 aromatic rings. The van der Waals surface area contributed by atoms with Crippen LogP contribution in [0.15, 0.2) is 0 Å². The molecule has 1 aliphatic carbocycles. The highest BCUT2D eigenvalue weighted by Gasteiger charge is 2.33. The summed E-state index contributed by atoms with van der Waals surface area (Å²) in [7, 11) is 1.69. The summed E-state index contributed by atoms with van der Waals surface area (Å²) in [6.45, 7) is 0.551. The van der Waals surface area contributed by atoms with E-state index in [1.165, 1.54) is 17.7 Å². The number of hydrogen-bond donors (Lipinski definition) is 0. The molecule has 14 heavy (non-hydrogen) atoms. The Labute approximate surface area is 83.9 Å². The first-order chi connectivity index (χ1) is 6.68. The molecule has 2 rings (SSSR count). The highest BCUT2D eigenvalue weighted by atomic mass is 16.2. The molecule has 1 aliphatic heterocycles. The average Bonchev–Trinajstić information content (AvgIpc) is 2.64. The Bertz CT molecular complexity index is 259. The van der Waals surface area contributed by atoms with Crippen LogP contribution in [0, 0.1) is 0 Å². The van der Waals surface area contributed by atoms with Gasteiger partial charge in [0.25, 0.3) is 0 Å². The second-order valence-corrected chi connectivity index (χ2v) is 4.21. The SMILES string of the molecule is CN1CC(=O)N(C2CCCC2)CC1=O. The third-order valence-corrected chi connectivity index (χ3v) is 3.19. The summed E-state index contributed by atoms with van der Waals surface area (Å²) >= 11 is 0. The van der Waals surface area contributed by atoms with Crippen molar-refractivity contribution in [2.45, 2.75) is 31.7 Å². The van der Waals surface area contributed by atoms with Crippen molar-refractivity contribution in [1.82, 2.24) is 9.80 Å². The molecular formula is C10H16N2O2. The maximum absolute atomic E-state index is 11.7. The summed E-state index contributed by atoms with van der Waals surface area (Å²) < 4.78 is 0. The summed E-state index contributed by atoms with van der Waals surface area (Å²) in [5.74, 6) is 0.176. The number of hydrogen-bond acceptors (Lipinski definition) is 2. The van der Waals surface area contributed by atoms with Crippen LogP contribution < -0.4 is 0 Å². The van der Waals surface area contributed by atoms with Gasteiger partial charge in [0.05, 0.1) is 6.54 Å². The van der Waals surface area contributed by atoms with E-state index < -0.39 is 0 Å². The van der Waals surface area contributed by atoms with Crippen LogP contribution in [-0.2, 0) is 9.59 Å². The van der Waals surface area contributed by atoms with Gasteiger partial charge in [0.1, 0.15) is 6.54 Å². The molecule has 1 saturated heterocycles. The maximum atomic E-state index is 11.7. The number of amides is 2. The van der Waals surface area contributed by atoms with Crippen LogP contribution in [0.2, 0.25) is 0 Å². The fourth-order valence-corrected chi connectivity index (χ4v) is 2.29. The van der Waals surface area contributed by atoms with E-state index in [4.69, 9.17) is 0 Å². The van der Waals surface area contributed by atoms with Gasteiger partial charge in [-0.15, -0.1) is 0 Å². The molecule has 0 radical (unpaired) electrons. The van der Waals surface area contributed by atoms with Gasteiger partial charge < -0.3 is 9.80 Å². The minimum absolute atomic E-state index is 0.0662. The number of carbonyl (C=O) groups is 2. The van der Waals surface area contributed by atoms with Crippen LogP contribution in [0.25, 0.3) is 0 Å². The average molecular weight is 196 g/mol. The van der Waals surface area contributed by atoms with Gasteiger partial charge in [-0.3, -0.25) is 9.59 Å². The molecular weight excluding hydrogens is 180 g/mol. The Morgan fingerprint density at radius 1 is 1.07 bits per heavy atom. The number of piperazine rings is 1. The zero-order chi connectivity index (χ0) is 10.1. The van der Waals surface area contributed by atoms with E-state index in [1.807, 2.05) is 0 Å². The standard InChI is InChI=1S/C10H16N2O2/c1-11-6-10(14)12(7-9(11)13)8-4-2-3-5-8/h8H,2-7H2,1H3. The van der Waals surface area contributed by atoms with Gasteiger partial charge in [-0.05, 0) is 12.8 Å². The molecule has 2 amide bonds. The summed E-state index contributed by atoms with van der Waals surface area (Å²) in [5.41, 5.74) is 0. The molecule has 0 spiro atoms. The lowest BCUT2D eigenvalue weighted by atomic mass is 10.1. The fraction of sp³-hybridized carbons (Fsp3) is 0.800. The van der Waals surface area contributed by atoms with E-state index in [-0.39, 0.29) is 18.4 Å². The summed E-state index contributed by atoms with van der Waals surface area (Å²) in [4.78, 5) is 26.4. The first-order valence-electron chi connectivity index (χ1n) is 5.22. The molecule has 78 valence electrons.